The molecule has 0 aliphatic rings. The maximum absolute atomic E-state index is 9.14. The van der Waals surface area contributed by atoms with Crippen molar-refractivity contribution in [1.82, 2.24) is 4.90 Å². The molecule has 0 saturated carbocycles. The molecule has 0 radical (unpaired) electrons. The predicted octanol–water partition coefficient (Wildman–Crippen LogP) is -3.74. The van der Waals surface area contributed by atoms with Gasteiger partial charge < -0.3 is 20.8 Å². The Balaban J connectivity index is -0.000000720. The Hall–Kier alpha value is 0.800. The summed E-state index contributed by atoms with van der Waals surface area (Å²) in [4.78, 5) is 1.85. The number of nitrogens with zero attached hydrogens (tertiary/aromatic N) is 1. The first kappa shape index (κ1) is 21.1. The SMILES string of the molecule is CC(O)CN(CC(C)O)CC(C)O.[Na+].[OH-]. The molecule has 0 aliphatic heterocycles. The van der Waals surface area contributed by atoms with Crippen LogP contribution in [0.3, 0.4) is 0 Å². The summed E-state index contributed by atoms with van der Waals surface area (Å²) in [5.41, 5.74) is 0. The van der Waals surface area contributed by atoms with Crippen LogP contribution in [-0.4, -0.2) is 63.6 Å². The van der Waals surface area contributed by atoms with Gasteiger partial charge in [0.25, 0.3) is 0 Å². The average Bonchev–Trinajstić information content (AvgIpc) is 1.80. The van der Waals surface area contributed by atoms with Crippen LogP contribution in [0.25, 0.3) is 0 Å². The molecular formula is C9H22NNaO4. The molecule has 0 aliphatic carbocycles. The molecule has 0 rings (SSSR count). The zero-order valence-corrected chi connectivity index (χ0v) is 12.1. The van der Waals surface area contributed by atoms with Crippen LogP contribution < -0.4 is 29.6 Å². The molecule has 0 aromatic rings. The maximum atomic E-state index is 9.14. The van der Waals surface area contributed by atoms with Crippen LogP contribution in [0.15, 0.2) is 0 Å². The van der Waals surface area contributed by atoms with Crippen LogP contribution in [0.5, 0.6) is 0 Å². The molecule has 5 nitrogen and oxygen atoms in total. The monoisotopic (exact) mass is 231 g/mol. The molecule has 6 heteroatoms. The van der Waals surface area contributed by atoms with E-state index in [2.05, 4.69) is 0 Å². The quantitative estimate of drug-likeness (QED) is 0.408. The minimum atomic E-state index is -0.433. The van der Waals surface area contributed by atoms with E-state index in [9.17, 15) is 0 Å². The van der Waals surface area contributed by atoms with Gasteiger partial charge in [-0.25, -0.2) is 0 Å². The molecule has 0 spiro atoms. The Bertz CT molecular complexity index is 110. The summed E-state index contributed by atoms with van der Waals surface area (Å²) in [6.07, 6.45) is -1.30. The minimum Gasteiger partial charge on any atom is -0.870 e. The van der Waals surface area contributed by atoms with Gasteiger partial charge >= 0.3 is 29.6 Å². The van der Waals surface area contributed by atoms with E-state index in [0.29, 0.717) is 19.6 Å². The molecule has 4 N–H and O–H groups in total. The Kier molecular flexibility index (Phi) is 15.9. The molecule has 88 valence electrons. The van der Waals surface area contributed by atoms with Gasteiger partial charge in [-0.15, -0.1) is 0 Å². The first-order valence-corrected chi connectivity index (χ1v) is 4.68. The molecule has 0 bridgehead atoms. The second-order valence-corrected chi connectivity index (χ2v) is 3.77. The van der Waals surface area contributed by atoms with E-state index in [0.717, 1.165) is 0 Å². The van der Waals surface area contributed by atoms with E-state index in [-0.39, 0.29) is 35.0 Å². The maximum Gasteiger partial charge on any atom is 1.00 e. The van der Waals surface area contributed by atoms with Gasteiger partial charge in [0.05, 0.1) is 18.3 Å². The van der Waals surface area contributed by atoms with E-state index >= 15 is 0 Å². The zero-order valence-electron chi connectivity index (χ0n) is 10.1. The topological polar surface area (TPSA) is 93.9 Å². The number of aliphatic hydroxyl groups excluding tert-OH is 3. The third-order valence-electron chi connectivity index (χ3n) is 1.57. The second kappa shape index (κ2) is 11.3. The van der Waals surface area contributed by atoms with Gasteiger partial charge in [0.2, 0.25) is 0 Å². The van der Waals surface area contributed by atoms with E-state index in [1.807, 2.05) is 4.90 Å². The van der Waals surface area contributed by atoms with Crippen molar-refractivity contribution in [2.45, 2.75) is 39.1 Å². The summed E-state index contributed by atoms with van der Waals surface area (Å²) in [7, 11) is 0. The van der Waals surface area contributed by atoms with Crippen LogP contribution >= 0.6 is 0 Å². The van der Waals surface area contributed by atoms with Gasteiger partial charge in [0.15, 0.2) is 0 Å². The smallest absolute Gasteiger partial charge is 0.870 e. The molecule has 0 heterocycles. The molecule has 0 aromatic carbocycles. The summed E-state index contributed by atoms with van der Waals surface area (Å²) in [5, 5.41) is 27.4. The van der Waals surface area contributed by atoms with Crippen molar-refractivity contribution in [2.75, 3.05) is 19.6 Å². The fourth-order valence-corrected chi connectivity index (χ4v) is 1.34. The van der Waals surface area contributed by atoms with Crippen LogP contribution in [0.4, 0.5) is 0 Å². The van der Waals surface area contributed by atoms with Gasteiger partial charge in [-0.3, -0.25) is 4.90 Å². The van der Waals surface area contributed by atoms with E-state index < -0.39 is 18.3 Å². The fraction of sp³-hybridized carbons (Fsp3) is 1.00. The number of aliphatic hydroxyl groups is 3. The Morgan fingerprint density at radius 2 is 1.00 bits per heavy atom. The molecule has 0 aromatic heterocycles. The normalized spacial score (nSPS) is 16.2. The molecule has 3 unspecified atom stereocenters. The molecule has 0 saturated heterocycles. The Morgan fingerprint density at radius 3 is 1.13 bits per heavy atom. The Morgan fingerprint density at radius 1 is 0.800 bits per heavy atom. The molecular weight excluding hydrogens is 209 g/mol. The minimum absolute atomic E-state index is 0. The van der Waals surface area contributed by atoms with Crippen molar-refractivity contribution >= 4 is 0 Å². The van der Waals surface area contributed by atoms with Crippen LogP contribution in [0.1, 0.15) is 20.8 Å². The van der Waals surface area contributed by atoms with Crippen LogP contribution in [-0.2, 0) is 0 Å². The fourth-order valence-electron chi connectivity index (χ4n) is 1.34. The largest absolute Gasteiger partial charge is 1.00 e. The van der Waals surface area contributed by atoms with Gasteiger partial charge in [0.1, 0.15) is 0 Å². The van der Waals surface area contributed by atoms with Crippen molar-refractivity contribution in [3.8, 4) is 0 Å². The summed E-state index contributed by atoms with van der Waals surface area (Å²) in [5.74, 6) is 0. The van der Waals surface area contributed by atoms with Crippen LogP contribution in [0, 0.1) is 0 Å². The molecule has 0 amide bonds. The van der Waals surface area contributed by atoms with E-state index in [4.69, 9.17) is 15.3 Å². The third kappa shape index (κ3) is 14.8. The zero-order chi connectivity index (χ0) is 10.4. The van der Waals surface area contributed by atoms with Crippen molar-refractivity contribution in [3.05, 3.63) is 0 Å². The molecule has 0 fully saturated rings. The van der Waals surface area contributed by atoms with E-state index in [1.165, 1.54) is 0 Å². The summed E-state index contributed by atoms with van der Waals surface area (Å²) in [6, 6.07) is 0. The second-order valence-electron chi connectivity index (χ2n) is 3.77. The summed E-state index contributed by atoms with van der Waals surface area (Å²) < 4.78 is 0. The van der Waals surface area contributed by atoms with E-state index in [1.54, 1.807) is 20.8 Å². The van der Waals surface area contributed by atoms with Crippen LogP contribution in [0.2, 0.25) is 0 Å². The van der Waals surface area contributed by atoms with Crippen molar-refractivity contribution in [3.63, 3.8) is 0 Å². The number of hydrogen-bond acceptors (Lipinski definition) is 5. The Labute approximate surface area is 114 Å². The van der Waals surface area contributed by atoms with Crippen molar-refractivity contribution in [2.24, 2.45) is 0 Å². The average molecular weight is 231 g/mol. The third-order valence-corrected chi connectivity index (χ3v) is 1.57. The van der Waals surface area contributed by atoms with Gasteiger partial charge in [-0.1, -0.05) is 0 Å². The summed E-state index contributed by atoms with van der Waals surface area (Å²) in [6.45, 7) is 6.52. The number of hydrogen-bond donors (Lipinski definition) is 3. The first-order chi connectivity index (χ1) is 5.91. The van der Waals surface area contributed by atoms with Crippen molar-refractivity contribution < 1.29 is 50.4 Å². The van der Waals surface area contributed by atoms with Crippen molar-refractivity contribution in [1.29, 1.82) is 0 Å². The molecule has 15 heavy (non-hydrogen) atoms. The number of rotatable bonds is 6. The molecule has 3 atom stereocenters. The van der Waals surface area contributed by atoms with Gasteiger partial charge in [-0.05, 0) is 20.8 Å². The van der Waals surface area contributed by atoms with Gasteiger partial charge in [0, 0.05) is 19.6 Å². The predicted molar refractivity (Wildman–Crippen MR) is 53.4 cm³/mol. The first-order valence-electron chi connectivity index (χ1n) is 4.68. The van der Waals surface area contributed by atoms with Gasteiger partial charge in [-0.2, -0.15) is 0 Å². The standard InChI is InChI=1S/C9H21NO3.Na.H2O/c1-7(11)4-10(5-8(2)12)6-9(3)13;;/h7-9,11-13H,4-6H2,1-3H3;;1H2/q;+1;/p-1. The summed E-state index contributed by atoms with van der Waals surface area (Å²) >= 11 is 0.